The third-order valence-electron chi connectivity index (χ3n) is 3.47. The van der Waals surface area contributed by atoms with Crippen LogP contribution in [0.4, 0.5) is 5.82 Å². The molecule has 0 N–H and O–H groups in total. The van der Waals surface area contributed by atoms with Gasteiger partial charge in [0.05, 0.1) is 12.1 Å². The Morgan fingerprint density at radius 1 is 1.15 bits per heavy atom. The number of pyridine rings is 1. The minimum atomic E-state index is -0.461. The average Bonchev–Trinajstić information content (AvgIpc) is 2.64. The zero-order valence-electron chi connectivity index (χ0n) is 15.5. The van der Waals surface area contributed by atoms with Crippen LogP contribution in [0.25, 0.3) is 0 Å². The highest BCUT2D eigenvalue weighted by atomic mass is 35.5. The molecule has 2 rings (SSSR count). The summed E-state index contributed by atoms with van der Waals surface area (Å²) in [5.41, 5.74) is 1.55. The number of esters is 1. The van der Waals surface area contributed by atoms with Crippen LogP contribution in [-0.4, -0.2) is 44.1 Å². The van der Waals surface area contributed by atoms with Crippen LogP contribution in [0, 0.1) is 11.8 Å². The molecular weight excluding hydrogens is 385 g/mol. The topological polar surface area (TPSA) is 45.7 Å². The summed E-state index contributed by atoms with van der Waals surface area (Å²) in [7, 11) is 6.72. The van der Waals surface area contributed by atoms with Gasteiger partial charge in [0.25, 0.3) is 0 Å². The van der Waals surface area contributed by atoms with Crippen LogP contribution < -0.4 is 4.90 Å². The molecule has 0 amide bonds. The lowest BCUT2D eigenvalue weighted by Crippen LogP contribution is -2.27. The first-order valence-corrected chi connectivity index (χ1v) is 8.72. The van der Waals surface area contributed by atoms with Crippen LogP contribution >= 0.6 is 23.2 Å². The molecule has 5 nitrogen and oxygen atoms in total. The Labute approximate surface area is 169 Å². The second kappa shape index (κ2) is 9.31. The summed E-state index contributed by atoms with van der Waals surface area (Å²) < 4.78 is 4.86. The first-order valence-electron chi connectivity index (χ1n) is 7.96. The smallest absolute Gasteiger partial charge is 0.356 e. The number of likely N-dealkylation sites (N-methyl/N-ethyl adjacent to an activating group) is 1. The number of nitrogens with zero attached hydrogens (tertiary/aromatic N) is 3. The van der Waals surface area contributed by atoms with Crippen molar-refractivity contribution in [1.82, 2.24) is 9.88 Å². The number of anilines is 1. The van der Waals surface area contributed by atoms with Gasteiger partial charge in [-0.3, -0.25) is 0 Å². The Bertz CT molecular complexity index is 930. The minimum absolute atomic E-state index is 0.348. The van der Waals surface area contributed by atoms with Gasteiger partial charge < -0.3 is 14.5 Å². The number of methoxy groups -OCH3 is 1. The van der Waals surface area contributed by atoms with Gasteiger partial charge in [0, 0.05) is 37.9 Å². The zero-order valence-corrected chi connectivity index (χ0v) is 17.0. The molecule has 0 aliphatic carbocycles. The summed E-state index contributed by atoms with van der Waals surface area (Å²) >= 11 is 12.0. The van der Waals surface area contributed by atoms with E-state index < -0.39 is 5.97 Å². The maximum absolute atomic E-state index is 12.1. The van der Waals surface area contributed by atoms with Crippen LogP contribution in [0.15, 0.2) is 48.3 Å². The number of rotatable bonds is 4. The van der Waals surface area contributed by atoms with Gasteiger partial charge in [-0.05, 0) is 36.3 Å². The molecule has 0 spiro atoms. The van der Waals surface area contributed by atoms with Crippen molar-refractivity contribution in [2.24, 2.45) is 0 Å². The van der Waals surface area contributed by atoms with Gasteiger partial charge in [0.1, 0.15) is 17.2 Å². The number of ether oxygens (including phenoxy) is 1. The van der Waals surface area contributed by atoms with Crippen molar-refractivity contribution in [2.45, 2.75) is 0 Å². The molecule has 27 heavy (non-hydrogen) atoms. The largest absolute Gasteiger partial charge is 0.464 e. The lowest BCUT2D eigenvalue weighted by Gasteiger charge is -2.21. The molecule has 140 valence electrons. The molecule has 0 saturated heterocycles. The third kappa shape index (κ3) is 5.65. The molecule has 1 aromatic carbocycles. The zero-order chi connectivity index (χ0) is 20.0. The summed E-state index contributed by atoms with van der Waals surface area (Å²) in [4.78, 5) is 20.0. The van der Waals surface area contributed by atoms with E-state index >= 15 is 0 Å². The highest BCUT2D eigenvalue weighted by Crippen LogP contribution is 2.20. The van der Waals surface area contributed by atoms with E-state index in [2.05, 4.69) is 16.8 Å². The molecular formula is C20H19Cl2N3O2. The fraction of sp³-hybridized carbons (Fsp3) is 0.200. The van der Waals surface area contributed by atoms with Crippen LogP contribution in [0.1, 0.15) is 11.3 Å². The molecule has 2 aromatic rings. The normalized spacial score (nSPS) is 10.7. The van der Waals surface area contributed by atoms with Gasteiger partial charge in [-0.1, -0.05) is 35.2 Å². The molecule has 0 atom stereocenters. The number of benzene rings is 1. The van der Waals surface area contributed by atoms with E-state index in [1.54, 1.807) is 53.4 Å². The SMILES string of the molecule is COC(=O)C(=CN(C)C)N(C)c1cccc(C#Cc2ccc(Cl)cc2Cl)n1. The summed E-state index contributed by atoms with van der Waals surface area (Å²) in [6.07, 6.45) is 1.67. The molecule has 0 saturated carbocycles. The molecule has 0 aliphatic heterocycles. The summed E-state index contributed by atoms with van der Waals surface area (Å²) in [6, 6.07) is 10.5. The van der Waals surface area contributed by atoms with Crippen molar-refractivity contribution in [1.29, 1.82) is 0 Å². The Balaban J connectivity index is 2.34. The first-order chi connectivity index (χ1) is 12.8. The number of carbonyl (C=O) groups excluding carboxylic acids is 1. The predicted molar refractivity (Wildman–Crippen MR) is 109 cm³/mol. The van der Waals surface area contributed by atoms with Gasteiger partial charge in [-0.15, -0.1) is 0 Å². The molecule has 0 aliphatic rings. The fourth-order valence-corrected chi connectivity index (χ4v) is 2.61. The standard InChI is InChI=1S/C20H19Cl2N3O2/c1-24(2)13-18(20(26)27-4)25(3)19-7-5-6-16(23-19)11-9-14-8-10-15(21)12-17(14)22/h5-8,10,12-13H,1-4H3. The van der Waals surface area contributed by atoms with Crippen molar-refractivity contribution in [3.8, 4) is 11.8 Å². The maximum atomic E-state index is 12.1. The highest BCUT2D eigenvalue weighted by molar-refractivity contribution is 6.35. The lowest BCUT2D eigenvalue weighted by molar-refractivity contribution is -0.136. The van der Waals surface area contributed by atoms with E-state index in [0.717, 1.165) is 0 Å². The molecule has 0 radical (unpaired) electrons. The molecule has 0 bridgehead atoms. The molecule has 1 aromatic heterocycles. The first kappa shape index (κ1) is 20.6. The fourth-order valence-electron chi connectivity index (χ4n) is 2.15. The summed E-state index contributed by atoms with van der Waals surface area (Å²) in [6.45, 7) is 0. The van der Waals surface area contributed by atoms with Gasteiger partial charge >= 0.3 is 5.97 Å². The molecule has 0 unspecified atom stereocenters. The Morgan fingerprint density at radius 2 is 1.89 bits per heavy atom. The van der Waals surface area contributed by atoms with Crippen molar-refractivity contribution < 1.29 is 9.53 Å². The molecule has 1 heterocycles. The average molecular weight is 404 g/mol. The quantitative estimate of drug-likeness (QED) is 0.441. The van der Waals surface area contributed by atoms with E-state index in [1.807, 2.05) is 20.2 Å². The van der Waals surface area contributed by atoms with E-state index in [1.165, 1.54) is 7.11 Å². The van der Waals surface area contributed by atoms with Gasteiger partial charge in [-0.2, -0.15) is 0 Å². The third-order valence-corrected chi connectivity index (χ3v) is 4.02. The van der Waals surface area contributed by atoms with Crippen LogP contribution in [-0.2, 0) is 9.53 Å². The number of hydrogen-bond acceptors (Lipinski definition) is 5. The number of carbonyl (C=O) groups is 1. The van der Waals surface area contributed by atoms with Crippen molar-refractivity contribution >= 4 is 35.0 Å². The van der Waals surface area contributed by atoms with Crippen LogP contribution in [0.3, 0.4) is 0 Å². The van der Waals surface area contributed by atoms with E-state index in [-0.39, 0.29) is 0 Å². The Kier molecular flexibility index (Phi) is 7.12. The van der Waals surface area contributed by atoms with Crippen molar-refractivity contribution in [3.05, 3.63) is 69.6 Å². The van der Waals surface area contributed by atoms with Crippen molar-refractivity contribution in [2.75, 3.05) is 33.2 Å². The highest BCUT2D eigenvalue weighted by Gasteiger charge is 2.18. The lowest BCUT2D eigenvalue weighted by atomic mass is 10.2. The van der Waals surface area contributed by atoms with E-state index in [0.29, 0.717) is 32.8 Å². The number of hydrogen-bond donors (Lipinski definition) is 0. The van der Waals surface area contributed by atoms with Gasteiger partial charge in [0.2, 0.25) is 0 Å². The minimum Gasteiger partial charge on any atom is -0.464 e. The predicted octanol–water partition coefficient (Wildman–Crippen LogP) is 3.80. The second-order valence-corrected chi connectivity index (χ2v) is 6.63. The Morgan fingerprint density at radius 3 is 2.52 bits per heavy atom. The van der Waals surface area contributed by atoms with Gasteiger partial charge in [0.15, 0.2) is 0 Å². The summed E-state index contributed by atoms with van der Waals surface area (Å²) in [5.74, 6) is 6.06. The van der Waals surface area contributed by atoms with Crippen LogP contribution in [0.2, 0.25) is 10.0 Å². The second-order valence-electron chi connectivity index (χ2n) is 5.78. The maximum Gasteiger partial charge on any atom is 0.356 e. The van der Waals surface area contributed by atoms with Crippen molar-refractivity contribution in [3.63, 3.8) is 0 Å². The van der Waals surface area contributed by atoms with Crippen LogP contribution in [0.5, 0.6) is 0 Å². The van der Waals surface area contributed by atoms with E-state index in [9.17, 15) is 4.79 Å². The molecule has 7 heteroatoms. The molecule has 0 fully saturated rings. The summed E-state index contributed by atoms with van der Waals surface area (Å²) in [5, 5.41) is 1.03. The monoisotopic (exact) mass is 403 g/mol. The number of aromatic nitrogens is 1. The Hall–Kier alpha value is -2.68. The number of halogens is 2. The van der Waals surface area contributed by atoms with Gasteiger partial charge in [-0.25, -0.2) is 9.78 Å². The van der Waals surface area contributed by atoms with E-state index in [4.69, 9.17) is 27.9 Å².